The first-order valence-corrected chi connectivity index (χ1v) is 10.1. The second-order valence-electron chi connectivity index (χ2n) is 11.7. The van der Waals surface area contributed by atoms with Crippen molar-refractivity contribution in [2.24, 2.45) is 5.92 Å². The molecule has 3 atom stereocenters. The summed E-state index contributed by atoms with van der Waals surface area (Å²) in [6, 6.07) is 0.224. The van der Waals surface area contributed by atoms with E-state index in [-0.39, 0.29) is 34.5 Å². The zero-order valence-electron chi connectivity index (χ0n) is 19.5. The van der Waals surface area contributed by atoms with Crippen LogP contribution in [-0.2, 0) is 14.2 Å². The summed E-state index contributed by atoms with van der Waals surface area (Å²) in [5.74, 6) is 0.334. The van der Waals surface area contributed by atoms with Crippen molar-refractivity contribution in [2.45, 2.75) is 118 Å². The van der Waals surface area contributed by atoms with Crippen LogP contribution in [0.15, 0.2) is 0 Å². The third kappa shape index (κ3) is 8.24. The van der Waals surface area contributed by atoms with Crippen molar-refractivity contribution >= 4 is 0 Å². The van der Waals surface area contributed by atoms with Gasteiger partial charge in [-0.15, -0.1) is 0 Å². The lowest BCUT2D eigenvalue weighted by Gasteiger charge is -2.40. The quantitative estimate of drug-likeness (QED) is 0.688. The molecule has 1 aliphatic heterocycles. The van der Waals surface area contributed by atoms with E-state index in [1.54, 1.807) is 0 Å². The number of hydrogen-bond acceptors (Lipinski definition) is 4. The van der Waals surface area contributed by atoms with Crippen LogP contribution in [0.25, 0.3) is 0 Å². The number of rotatable bonds is 5. The molecule has 0 aliphatic carbocycles. The maximum absolute atomic E-state index is 6.58. The van der Waals surface area contributed by atoms with Crippen LogP contribution in [0.1, 0.15) is 83.1 Å². The predicted octanol–water partition coefficient (Wildman–Crippen LogP) is 4.90. The fourth-order valence-corrected chi connectivity index (χ4v) is 3.36. The van der Waals surface area contributed by atoms with E-state index in [0.717, 1.165) is 6.54 Å². The molecule has 0 spiro atoms. The van der Waals surface area contributed by atoms with Gasteiger partial charge < -0.3 is 14.2 Å². The van der Waals surface area contributed by atoms with Gasteiger partial charge in [0.2, 0.25) is 0 Å². The molecule has 0 aromatic heterocycles. The average Bonchev–Trinajstić information content (AvgIpc) is 2.68. The number of likely N-dealkylation sites (tertiary alicyclic amines) is 1. The highest BCUT2D eigenvalue weighted by molar-refractivity contribution is 5.00. The number of hydrogen-bond donors (Lipinski definition) is 0. The van der Waals surface area contributed by atoms with Crippen LogP contribution in [-0.4, -0.2) is 59.1 Å². The summed E-state index contributed by atoms with van der Waals surface area (Å²) in [4.78, 5) is 2.55. The molecule has 0 radical (unpaired) electrons. The van der Waals surface area contributed by atoms with Crippen molar-refractivity contribution in [3.05, 3.63) is 0 Å². The maximum atomic E-state index is 6.58. The molecule has 0 bridgehead atoms. The molecule has 1 rings (SSSR count). The van der Waals surface area contributed by atoms with E-state index < -0.39 is 0 Å². The SMILES string of the molecule is CC(C)(C)OCC1CN(C(C)(C)C)C(COC(C)(C)C)C1OC(C)(C)C. The molecule has 26 heavy (non-hydrogen) atoms. The minimum absolute atomic E-state index is 0.0574. The van der Waals surface area contributed by atoms with E-state index in [4.69, 9.17) is 14.2 Å². The van der Waals surface area contributed by atoms with Crippen LogP contribution < -0.4 is 0 Å². The Morgan fingerprint density at radius 1 is 0.692 bits per heavy atom. The maximum Gasteiger partial charge on any atom is 0.0822 e. The Morgan fingerprint density at radius 2 is 1.15 bits per heavy atom. The molecule has 4 heteroatoms. The zero-order chi connectivity index (χ0) is 20.6. The molecule has 1 aliphatic rings. The van der Waals surface area contributed by atoms with Crippen LogP contribution >= 0.6 is 0 Å². The van der Waals surface area contributed by atoms with Gasteiger partial charge >= 0.3 is 0 Å². The molecule has 0 aromatic carbocycles. The summed E-state index contributed by atoms with van der Waals surface area (Å²) in [6.45, 7) is 28.3. The van der Waals surface area contributed by atoms with Crippen LogP contribution in [0, 0.1) is 5.92 Å². The van der Waals surface area contributed by atoms with Gasteiger partial charge in [0.15, 0.2) is 0 Å². The van der Waals surface area contributed by atoms with Crippen molar-refractivity contribution in [2.75, 3.05) is 19.8 Å². The molecule has 0 aromatic rings. The van der Waals surface area contributed by atoms with Crippen molar-refractivity contribution < 1.29 is 14.2 Å². The second kappa shape index (κ2) is 8.06. The Labute approximate surface area is 162 Å². The van der Waals surface area contributed by atoms with Crippen LogP contribution in [0.2, 0.25) is 0 Å². The summed E-state index contributed by atoms with van der Waals surface area (Å²) in [7, 11) is 0. The normalized spacial score (nSPS) is 26.5. The van der Waals surface area contributed by atoms with Gasteiger partial charge in [-0.1, -0.05) is 0 Å². The molecule has 1 saturated heterocycles. The van der Waals surface area contributed by atoms with Gasteiger partial charge in [-0.25, -0.2) is 0 Å². The van der Waals surface area contributed by atoms with E-state index in [2.05, 4.69) is 88.0 Å². The van der Waals surface area contributed by atoms with Crippen molar-refractivity contribution in [1.29, 1.82) is 0 Å². The first-order valence-electron chi connectivity index (χ1n) is 10.1. The van der Waals surface area contributed by atoms with Gasteiger partial charge in [-0.3, -0.25) is 4.90 Å². The predicted molar refractivity (Wildman–Crippen MR) is 110 cm³/mol. The molecule has 0 N–H and O–H groups in total. The zero-order valence-corrected chi connectivity index (χ0v) is 19.5. The van der Waals surface area contributed by atoms with Gasteiger partial charge in [0, 0.05) is 18.0 Å². The van der Waals surface area contributed by atoms with E-state index in [0.29, 0.717) is 19.1 Å². The third-order valence-electron chi connectivity index (χ3n) is 4.44. The first-order chi connectivity index (χ1) is 11.4. The van der Waals surface area contributed by atoms with Crippen molar-refractivity contribution in [3.8, 4) is 0 Å². The molecule has 156 valence electrons. The van der Waals surface area contributed by atoms with Crippen molar-refractivity contribution in [1.82, 2.24) is 4.90 Å². The van der Waals surface area contributed by atoms with Gasteiger partial charge in [-0.2, -0.15) is 0 Å². The molecule has 0 saturated carbocycles. The molecule has 3 unspecified atom stereocenters. The highest BCUT2D eigenvalue weighted by Crippen LogP contribution is 2.36. The lowest BCUT2D eigenvalue weighted by atomic mass is 9.99. The average molecular weight is 372 g/mol. The summed E-state index contributed by atoms with van der Waals surface area (Å²) in [5, 5.41) is 0. The number of ether oxygens (including phenoxy) is 3. The lowest BCUT2D eigenvalue weighted by molar-refractivity contribution is -0.128. The summed E-state index contributed by atoms with van der Waals surface area (Å²) < 4.78 is 19.0. The monoisotopic (exact) mass is 371 g/mol. The summed E-state index contributed by atoms with van der Waals surface area (Å²) in [6.07, 6.45) is 0.0962. The van der Waals surface area contributed by atoms with E-state index in [1.807, 2.05) is 0 Å². The Kier molecular flexibility index (Phi) is 7.41. The summed E-state index contributed by atoms with van der Waals surface area (Å²) in [5.41, 5.74) is -0.435. The highest BCUT2D eigenvalue weighted by Gasteiger charge is 2.48. The Bertz CT molecular complexity index is 434. The second-order valence-corrected chi connectivity index (χ2v) is 11.7. The lowest BCUT2D eigenvalue weighted by Crippen LogP contribution is -2.51. The van der Waals surface area contributed by atoms with Gasteiger partial charge in [-0.05, 0) is 83.1 Å². The van der Waals surface area contributed by atoms with Gasteiger partial charge in [0.25, 0.3) is 0 Å². The topological polar surface area (TPSA) is 30.9 Å². The Hall–Kier alpha value is -0.160. The molecular formula is C22H45NO3. The minimum atomic E-state index is -0.196. The first kappa shape index (κ1) is 23.9. The van der Waals surface area contributed by atoms with Crippen molar-refractivity contribution in [3.63, 3.8) is 0 Å². The number of nitrogens with zero attached hydrogens (tertiary/aromatic N) is 1. The largest absolute Gasteiger partial charge is 0.375 e. The molecule has 0 amide bonds. The van der Waals surface area contributed by atoms with Crippen LogP contribution in [0.4, 0.5) is 0 Å². The highest BCUT2D eigenvalue weighted by atomic mass is 16.5. The Morgan fingerprint density at radius 3 is 1.54 bits per heavy atom. The van der Waals surface area contributed by atoms with Crippen LogP contribution in [0.5, 0.6) is 0 Å². The third-order valence-corrected chi connectivity index (χ3v) is 4.44. The van der Waals surface area contributed by atoms with E-state index >= 15 is 0 Å². The van der Waals surface area contributed by atoms with Gasteiger partial charge in [0.1, 0.15) is 0 Å². The molecule has 1 fully saturated rings. The van der Waals surface area contributed by atoms with Gasteiger partial charge in [0.05, 0.1) is 42.2 Å². The standard InChI is InChI=1S/C22H45NO3/c1-19(2,3)23-13-16(14-24-20(4,5)6)18(26-22(10,11)12)17(23)15-25-21(7,8)9/h16-18H,13-15H2,1-12H3. The smallest absolute Gasteiger partial charge is 0.0822 e. The Balaban J connectivity index is 3.08. The molecular weight excluding hydrogens is 326 g/mol. The minimum Gasteiger partial charge on any atom is -0.375 e. The van der Waals surface area contributed by atoms with E-state index in [1.165, 1.54) is 0 Å². The summed E-state index contributed by atoms with van der Waals surface area (Å²) >= 11 is 0. The fraction of sp³-hybridized carbons (Fsp3) is 1.00. The van der Waals surface area contributed by atoms with E-state index in [9.17, 15) is 0 Å². The molecule has 1 heterocycles. The molecule has 4 nitrogen and oxygen atoms in total. The fourth-order valence-electron chi connectivity index (χ4n) is 3.36. The van der Waals surface area contributed by atoms with Crippen LogP contribution in [0.3, 0.4) is 0 Å².